The minimum absolute atomic E-state index is 0. The smallest absolute Gasteiger partial charge is 0.248 e. The lowest BCUT2D eigenvalue weighted by atomic mass is 9.86. The molecule has 0 radical (unpaired) electrons. The van der Waals surface area contributed by atoms with E-state index in [1.165, 1.54) is 5.56 Å². The van der Waals surface area contributed by atoms with Crippen LogP contribution >= 0.6 is 24.0 Å². The predicted molar refractivity (Wildman–Crippen MR) is 133 cm³/mol. The second-order valence-electron chi connectivity index (χ2n) is 8.03. The monoisotopic (exact) mass is 524 g/mol. The Bertz CT molecular complexity index is 845. The Hall–Kier alpha value is -2.13. The van der Waals surface area contributed by atoms with Gasteiger partial charge in [0.15, 0.2) is 5.96 Å². The summed E-state index contributed by atoms with van der Waals surface area (Å²) in [7, 11) is 0. The fourth-order valence-corrected chi connectivity index (χ4v) is 2.85. The van der Waals surface area contributed by atoms with Crippen molar-refractivity contribution in [2.24, 2.45) is 10.7 Å². The second-order valence-corrected chi connectivity index (χ2v) is 8.03. The summed E-state index contributed by atoms with van der Waals surface area (Å²) in [5.41, 5.74) is 8.85. The molecule has 0 aliphatic heterocycles. The molecule has 0 fully saturated rings. The summed E-state index contributed by atoms with van der Waals surface area (Å²) in [6.45, 7) is 9.90. The van der Waals surface area contributed by atoms with Crippen LogP contribution in [0.4, 0.5) is 0 Å². The summed E-state index contributed by atoms with van der Waals surface area (Å²) in [5.74, 6) is 0.142. The summed E-state index contributed by atoms with van der Waals surface area (Å²) in [6, 6.07) is 15.1. The van der Waals surface area contributed by atoms with E-state index in [2.05, 4.69) is 48.5 Å². The van der Waals surface area contributed by atoms with Crippen molar-refractivity contribution in [2.45, 2.75) is 45.8 Å². The molecule has 1 atom stereocenters. The van der Waals surface area contributed by atoms with E-state index in [9.17, 15) is 9.90 Å². The fourth-order valence-electron chi connectivity index (χ4n) is 2.85. The third-order valence-corrected chi connectivity index (χ3v) is 4.60. The number of aliphatic imine (C=N–C) groups is 1. The molecule has 0 aliphatic carbocycles. The molecule has 6 nitrogen and oxygen atoms in total. The van der Waals surface area contributed by atoms with Crippen LogP contribution in [0.25, 0.3) is 0 Å². The average molecular weight is 524 g/mol. The lowest BCUT2D eigenvalue weighted by Crippen LogP contribution is -2.39. The fraction of sp³-hybridized carbons (Fsp3) is 0.391. The summed E-state index contributed by atoms with van der Waals surface area (Å²) in [5, 5.41) is 16.8. The third kappa shape index (κ3) is 7.95. The van der Waals surface area contributed by atoms with E-state index in [1.807, 2.05) is 25.1 Å². The van der Waals surface area contributed by atoms with Crippen LogP contribution in [0.1, 0.15) is 60.8 Å². The maximum absolute atomic E-state index is 11.3. The summed E-state index contributed by atoms with van der Waals surface area (Å²) in [6.07, 6.45) is -0.647. The number of amides is 1. The Morgan fingerprint density at radius 3 is 2.37 bits per heavy atom. The molecule has 0 aromatic heterocycles. The van der Waals surface area contributed by atoms with E-state index in [4.69, 9.17) is 5.73 Å². The number of rotatable bonds is 7. The number of carbonyl (C=O) groups is 1. The largest absolute Gasteiger partial charge is 0.387 e. The van der Waals surface area contributed by atoms with Crippen molar-refractivity contribution >= 4 is 35.8 Å². The minimum atomic E-state index is -0.647. The third-order valence-electron chi connectivity index (χ3n) is 4.60. The zero-order valence-corrected chi connectivity index (χ0v) is 20.4. The molecule has 1 unspecified atom stereocenters. The van der Waals surface area contributed by atoms with Gasteiger partial charge in [-0.1, -0.05) is 57.2 Å². The van der Waals surface area contributed by atoms with Gasteiger partial charge in [-0.25, -0.2) is 4.99 Å². The van der Waals surface area contributed by atoms with Crippen LogP contribution in [0.15, 0.2) is 53.5 Å². The van der Waals surface area contributed by atoms with Gasteiger partial charge < -0.3 is 21.5 Å². The topological polar surface area (TPSA) is 99.7 Å². The van der Waals surface area contributed by atoms with E-state index in [0.717, 1.165) is 11.1 Å². The highest BCUT2D eigenvalue weighted by atomic mass is 127. The van der Waals surface area contributed by atoms with Crippen molar-refractivity contribution in [3.63, 3.8) is 0 Å². The van der Waals surface area contributed by atoms with Crippen molar-refractivity contribution < 1.29 is 9.90 Å². The molecule has 0 aliphatic rings. The first-order chi connectivity index (χ1) is 13.7. The van der Waals surface area contributed by atoms with Crippen LogP contribution in [0.3, 0.4) is 0 Å². The maximum Gasteiger partial charge on any atom is 0.248 e. The Morgan fingerprint density at radius 1 is 1.13 bits per heavy atom. The zero-order valence-electron chi connectivity index (χ0n) is 18.1. The van der Waals surface area contributed by atoms with E-state index in [-0.39, 0.29) is 29.4 Å². The Labute approximate surface area is 196 Å². The van der Waals surface area contributed by atoms with E-state index < -0.39 is 12.0 Å². The van der Waals surface area contributed by atoms with Gasteiger partial charge in [-0.15, -0.1) is 24.0 Å². The quantitative estimate of drug-likeness (QED) is 0.253. The first-order valence-electron chi connectivity index (χ1n) is 9.90. The molecule has 164 valence electrons. The van der Waals surface area contributed by atoms with E-state index >= 15 is 0 Å². The van der Waals surface area contributed by atoms with Gasteiger partial charge in [0.1, 0.15) is 0 Å². The maximum atomic E-state index is 11.3. The van der Waals surface area contributed by atoms with Gasteiger partial charge in [0, 0.05) is 18.7 Å². The number of nitrogens with zero attached hydrogens (tertiary/aromatic N) is 1. The zero-order chi connectivity index (χ0) is 21.4. The highest BCUT2D eigenvalue weighted by Crippen LogP contribution is 2.23. The lowest BCUT2D eigenvalue weighted by Gasteiger charge is -2.20. The number of hydrogen-bond acceptors (Lipinski definition) is 3. The Kier molecular flexibility index (Phi) is 10.3. The SMILES string of the molecule is CCNC(=NCc1cccc(C(N)=O)c1)NCC(O)c1ccc(C(C)(C)C)cc1.I. The van der Waals surface area contributed by atoms with Crippen LogP contribution in [0, 0.1) is 0 Å². The van der Waals surface area contributed by atoms with Gasteiger partial charge in [0.2, 0.25) is 5.91 Å². The second kappa shape index (κ2) is 11.9. The number of aliphatic hydroxyl groups excluding tert-OH is 1. The van der Waals surface area contributed by atoms with E-state index in [1.54, 1.807) is 18.2 Å². The van der Waals surface area contributed by atoms with Crippen LogP contribution < -0.4 is 16.4 Å². The normalized spacial score (nSPS) is 12.6. The molecule has 0 spiro atoms. The van der Waals surface area contributed by atoms with Crippen molar-refractivity contribution in [1.82, 2.24) is 10.6 Å². The molecule has 0 saturated heterocycles. The Balaban J connectivity index is 0.00000450. The molecule has 5 N–H and O–H groups in total. The van der Waals surface area contributed by atoms with Gasteiger partial charge >= 0.3 is 0 Å². The number of nitrogens with two attached hydrogens (primary N) is 1. The van der Waals surface area contributed by atoms with Gasteiger partial charge in [-0.3, -0.25) is 4.79 Å². The number of halogens is 1. The average Bonchev–Trinajstić information content (AvgIpc) is 2.69. The molecular formula is C23H33IN4O2. The van der Waals surface area contributed by atoms with Gasteiger partial charge in [-0.2, -0.15) is 0 Å². The summed E-state index contributed by atoms with van der Waals surface area (Å²) in [4.78, 5) is 15.8. The van der Waals surface area contributed by atoms with Crippen LogP contribution in [-0.4, -0.2) is 30.1 Å². The molecule has 7 heteroatoms. The first-order valence-corrected chi connectivity index (χ1v) is 9.90. The van der Waals surface area contributed by atoms with Gasteiger partial charge in [0.05, 0.1) is 12.6 Å². The van der Waals surface area contributed by atoms with Crippen LogP contribution in [0.2, 0.25) is 0 Å². The lowest BCUT2D eigenvalue weighted by molar-refractivity contribution is 0.1000. The highest BCUT2D eigenvalue weighted by Gasteiger charge is 2.15. The molecule has 2 rings (SSSR count). The van der Waals surface area contributed by atoms with Crippen molar-refractivity contribution in [1.29, 1.82) is 0 Å². The molecule has 1 amide bonds. The number of hydrogen-bond donors (Lipinski definition) is 4. The number of guanidine groups is 1. The molecule has 0 bridgehead atoms. The summed E-state index contributed by atoms with van der Waals surface area (Å²) < 4.78 is 0. The van der Waals surface area contributed by atoms with Crippen molar-refractivity contribution in [3.8, 4) is 0 Å². The molecule has 0 heterocycles. The van der Waals surface area contributed by atoms with Crippen molar-refractivity contribution in [2.75, 3.05) is 13.1 Å². The highest BCUT2D eigenvalue weighted by molar-refractivity contribution is 14.0. The molecule has 2 aromatic rings. The Morgan fingerprint density at radius 2 is 1.80 bits per heavy atom. The number of nitrogens with one attached hydrogen (secondary N) is 2. The van der Waals surface area contributed by atoms with Crippen LogP contribution in [-0.2, 0) is 12.0 Å². The summed E-state index contributed by atoms with van der Waals surface area (Å²) >= 11 is 0. The number of benzene rings is 2. The molecule has 2 aromatic carbocycles. The minimum Gasteiger partial charge on any atom is -0.387 e. The molecule has 0 saturated carbocycles. The molecule has 30 heavy (non-hydrogen) atoms. The number of aliphatic hydroxyl groups is 1. The number of carbonyl (C=O) groups excluding carboxylic acids is 1. The van der Waals surface area contributed by atoms with E-state index in [0.29, 0.717) is 31.2 Å². The number of primary amides is 1. The molecular weight excluding hydrogens is 491 g/mol. The first kappa shape index (κ1) is 25.9. The standard InChI is InChI=1S/C23H32N4O2.HI/c1-5-25-22(26-14-16-7-6-8-18(13-16)21(24)29)27-15-20(28)17-9-11-19(12-10-17)23(2,3)4;/h6-13,20,28H,5,14-15H2,1-4H3,(H2,24,29)(H2,25,26,27);1H. The van der Waals surface area contributed by atoms with Crippen LogP contribution in [0.5, 0.6) is 0 Å². The van der Waals surface area contributed by atoms with Gasteiger partial charge in [0.25, 0.3) is 0 Å². The van der Waals surface area contributed by atoms with Gasteiger partial charge in [-0.05, 0) is 41.2 Å². The predicted octanol–water partition coefficient (Wildman–Crippen LogP) is 3.49. The van der Waals surface area contributed by atoms with Crippen molar-refractivity contribution in [3.05, 3.63) is 70.8 Å².